The zero-order valence-electron chi connectivity index (χ0n) is 12.1. The third-order valence-corrected chi connectivity index (χ3v) is 5.24. The first-order valence-corrected chi connectivity index (χ1v) is 8.76. The second kappa shape index (κ2) is 6.91. The van der Waals surface area contributed by atoms with Crippen LogP contribution in [0.1, 0.15) is 15.2 Å². The molecule has 8 heteroatoms. The summed E-state index contributed by atoms with van der Waals surface area (Å²) in [5, 5.41) is 4.33. The molecule has 0 fully saturated rings. The summed E-state index contributed by atoms with van der Waals surface area (Å²) < 4.78 is 32.2. The standard InChI is InChI=1S/C14H16N2O4S2/c1-15-14(17)12-8-11(5-6-13(12)20-2)22(18,19)16-9-10-4-3-7-21-10/h3-8,16H,9H2,1-2H3,(H,15,17). The van der Waals surface area contributed by atoms with Gasteiger partial charge >= 0.3 is 0 Å². The van der Waals surface area contributed by atoms with Crippen molar-refractivity contribution in [1.82, 2.24) is 10.0 Å². The Labute approximate surface area is 133 Å². The molecule has 2 N–H and O–H groups in total. The molecule has 22 heavy (non-hydrogen) atoms. The van der Waals surface area contributed by atoms with Crippen LogP contribution in [0.25, 0.3) is 0 Å². The van der Waals surface area contributed by atoms with E-state index in [-0.39, 0.29) is 17.0 Å². The molecule has 2 rings (SSSR count). The summed E-state index contributed by atoms with van der Waals surface area (Å²) in [5.41, 5.74) is 0.170. The second-order valence-electron chi connectivity index (χ2n) is 4.35. The molecule has 6 nitrogen and oxygen atoms in total. The highest BCUT2D eigenvalue weighted by Crippen LogP contribution is 2.22. The fourth-order valence-electron chi connectivity index (χ4n) is 1.83. The van der Waals surface area contributed by atoms with Crippen LogP contribution in [-0.4, -0.2) is 28.5 Å². The third-order valence-electron chi connectivity index (χ3n) is 2.97. The number of benzene rings is 1. The van der Waals surface area contributed by atoms with Gasteiger partial charge in [-0.1, -0.05) is 6.07 Å². The highest BCUT2D eigenvalue weighted by Gasteiger charge is 2.19. The van der Waals surface area contributed by atoms with Crippen molar-refractivity contribution in [3.8, 4) is 5.75 Å². The molecule has 1 aromatic heterocycles. The van der Waals surface area contributed by atoms with Crippen molar-refractivity contribution in [2.45, 2.75) is 11.4 Å². The fourth-order valence-corrected chi connectivity index (χ4v) is 3.60. The Bertz CT molecular complexity index is 755. The number of carbonyl (C=O) groups excluding carboxylic acids is 1. The van der Waals surface area contributed by atoms with Crippen molar-refractivity contribution in [3.63, 3.8) is 0 Å². The number of methoxy groups -OCH3 is 1. The summed E-state index contributed by atoms with van der Waals surface area (Å²) in [4.78, 5) is 12.7. The Hall–Kier alpha value is -1.90. The van der Waals surface area contributed by atoms with E-state index in [1.54, 1.807) is 0 Å². The molecule has 1 aromatic carbocycles. The van der Waals surface area contributed by atoms with Crippen LogP contribution in [0.15, 0.2) is 40.6 Å². The van der Waals surface area contributed by atoms with E-state index in [9.17, 15) is 13.2 Å². The first-order valence-electron chi connectivity index (χ1n) is 6.40. The number of ether oxygens (including phenoxy) is 1. The van der Waals surface area contributed by atoms with Crippen LogP contribution in [0.5, 0.6) is 5.75 Å². The number of thiophene rings is 1. The number of sulfonamides is 1. The largest absolute Gasteiger partial charge is 0.496 e. The lowest BCUT2D eigenvalue weighted by atomic mass is 10.2. The molecule has 0 aliphatic carbocycles. The van der Waals surface area contributed by atoms with Crippen LogP contribution in [0.2, 0.25) is 0 Å². The molecule has 0 radical (unpaired) electrons. The summed E-state index contributed by atoms with van der Waals surface area (Å²) in [6.45, 7) is 0.210. The van der Waals surface area contributed by atoms with Crippen molar-refractivity contribution in [2.75, 3.05) is 14.2 Å². The van der Waals surface area contributed by atoms with Gasteiger partial charge in [0.25, 0.3) is 5.91 Å². The average molecular weight is 340 g/mol. The number of amides is 1. The van der Waals surface area contributed by atoms with Crippen molar-refractivity contribution < 1.29 is 17.9 Å². The second-order valence-corrected chi connectivity index (χ2v) is 7.14. The molecule has 0 spiro atoms. The number of hydrogen-bond acceptors (Lipinski definition) is 5. The molecule has 0 saturated carbocycles. The predicted molar refractivity (Wildman–Crippen MR) is 84.7 cm³/mol. The SMILES string of the molecule is CNC(=O)c1cc(S(=O)(=O)NCc2cccs2)ccc1OC. The van der Waals surface area contributed by atoms with E-state index in [2.05, 4.69) is 10.0 Å². The van der Waals surface area contributed by atoms with Gasteiger partial charge in [0.2, 0.25) is 10.0 Å². The molecule has 0 saturated heterocycles. The van der Waals surface area contributed by atoms with Gasteiger partial charge in [-0.2, -0.15) is 0 Å². The van der Waals surface area contributed by atoms with Gasteiger partial charge in [-0.3, -0.25) is 4.79 Å². The van der Waals surface area contributed by atoms with Gasteiger partial charge in [0.05, 0.1) is 17.6 Å². The lowest BCUT2D eigenvalue weighted by molar-refractivity contribution is 0.0960. The summed E-state index contributed by atoms with van der Waals surface area (Å²) >= 11 is 1.47. The molecule has 118 valence electrons. The van der Waals surface area contributed by atoms with Crippen LogP contribution in [0.3, 0.4) is 0 Å². The topological polar surface area (TPSA) is 84.5 Å². The maximum Gasteiger partial charge on any atom is 0.254 e. The summed E-state index contributed by atoms with van der Waals surface area (Å²) in [6.07, 6.45) is 0. The van der Waals surface area contributed by atoms with Gasteiger partial charge in [0.15, 0.2) is 0 Å². The Kier molecular flexibility index (Phi) is 5.17. The van der Waals surface area contributed by atoms with Gasteiger partial charge in [-0.25, -0.2) is 13.1 Å². The number of hydrogen-bond donors (Lipinski definition) is 2. The highest BCUT2D eigenvalue weighted by molar-refractivity contribution is 7.89. The fraction of sp³-hybridized carbons (Fsp3) is 0.214. The van der Waals surface area contributed by atoms with Crippen LogP contribution in [0.4, 0.5) is 0 Å². The number of nitrogens with one attached hydrogen (secondary N) is 2. The summed E-state index contributed by atoms with van der Waals surface area (Å²) in [5.74, 6) is -0.0938. The van der Waals surface area contributed by atoms with E-state index in [0.29, 0.717) is 5.75 Å². The molecule has 0 bridgehead atoms. The molecule has 0 atom stereocenters. The van der Waals surface area contributed by atoms with Gasteiger partial charge in [-0.05, 0) is 29.6 Å². The summed E-state index contributed by atoms with van der Waals surface area (Å²) in [7, 11) is -0.813. The van der Waals surface area contributed by atoms with Gasteiger partial charge in [-0.15, -0.1) is 11.3 Å². The predicted octanol–water partition coefficient (Wildman–Crippen LogP) is 1.59. The van der Waals surface area contributed by atoms with Gasteiger partial charge in [0.1, 0.15) is 5.75 Å². The minimum atomic E-state index is -3.70. The highest BCUT2D eigenvalue weighted by atomic mass is 32.2. The van der Waals surface area contributed by atoms with Crippen LogP contribution in [0, 0.1) is 0 Å². The Morgan fingerprint density at radius 2 is 2.09 bits per heavy atom. The first kappa shape index (κ1) is 16.5. The van der Waals surface area contributed by atoms with Crippen LogP contribution < -0.4 is 14.8 Å². The van der Waals surface area contributed by atoms with Crippen molar-refractivity contribution >= 4 is 27.3 Å². The van der Waals surface area contributed by atoms with E-state index in [1.807, 2.05) is 17.5 Å². The van der Waals surface area contributed by atoms with E-state index in [0.717, 1.165) is 4.88 Å². The Morgan fingerprint density at radius 3 is 2.68 bits per heavy atom. The normalized spacial score (nSPS) is 11.2. The number of carbonyl (C=O) groups is 1. The molecule has 2 aromatic rings. The molecule has 1 amide bonds. The van der Waals surface area contributed by atoms with Crippen LogP contribution in [-0.2, 0) is 16.6 Å². The minimum Gasteiger partial charge on any atom is -0.496 e. The third kappa shape index (κ3) is 3.65. The lowest BCUT2D eigenvalue weighted by Crippen LogP contribution is -2.24. The van der Waals surface area contributed by atoms with Crippen molar-refractivity contribution in [3.05, 3.63) is 46.2 Å². The Balaban J connectivity index is 2.28. The average Bonchev–Trinajstić information content (AvgIpc) is 3.05. The minimum absolute atomic E-state index is 0.0171. The van der Waals surface area contributed by atoms with E-state index < -0.39 is 15.9 Å². The maximum atomic E-state index is 12.3. The van der Waals surface area contributed by atoms with E-state index in [4.69, 9.17) is 4.74 Å². The molecule has 0 aliphatic heterocycles. The zero-order chi connectivity index (χ0) is 16.2. The molecule has 0 unspecified atom stereocenters. The van der Waals surface area contributed by atoms with Crippen molar-refractivity contribution in [2.24, 2.45) is 0 Å². The van der Waals surface area contributed by atoms with E-state index >= 15 is 0 Å². The zero-order valence-corrected chi connectivity index (χ0v) is 13.8. The van der Waals surface area contributed by atoms with Gasteiger partial charge in [0, 0.05) is 18.5 Å². The van der Waals surface area contributed by atoms with E-state index in [1.165, 1.54) is 43.7 Å². The molecular weight excluding hydrogens is 324 g/mol. The molecule has 0 aliphatic rings. The Morgan fingerprint density at radius 1 is 1.32 bits per heavy atom. The van der Waals surface area contributed by atoms with Gasteiger partial charge < -0.3 is 10.1 Å². The molecule has 1 heterocycles. The monoisotopic (exact) mass is 340 g/mol. The molecular formula is C14H16N2O4S2. The number of rotatable bonds is 6. The summed E-state index contributed by atoms with van der Waals surface area (Å²) in [6, 6.07) is 7.86. The van der Waals surface area contributed by atoms with Crippen molar-refractivity contribution in [1.29, 1.82) is 0 Å². The smallest absolute Gasteiger partial charge is 0.254 e. The lowest BCUT2D eigenvalue weighted by Gasteiger charge is -2.11. The maximum absolute atomic E-state index is 12.3. The first-order chi connectivity index (χ1) is 10.5. The quantitative estimate of drug-likeness (QED) is 0.836. The van der Waals surface area contributed by atoms with Crippen LogP contribution >= 0.6 is 11.3 Å².